The molecule has 3 rings (SSSR count). The van der Waals surface area contributed by atoms with Crippen molar-refractivity contribution < 1.29 is 23.4 Å². The molecule has 0 aliphatic heterocycles. The van der Waals surface area contributed by atoms with Crippen LogP contribution in [0.25, 0.3) is 11.1 Å². The summed E-state index contributed by atoms with van der Waals surface area (Å²) in [5.74, 6) is -2.07. The van der Waals surface area contributed by atoms with E-state index in [1.807, 2.05) is 0 Å². The molecule has 1 aromatic carbocycles. The predicted molar refractivity (Wildman–Crippen MR) is 91.0 cm³/mol. The van der Waals surface area contributed by atoms with Crippen LogP contribution in [0.2, 0.25) is 5.02 Å². The number of rotatable bonds is 6. The maximum Gasteiger partial charge on any atom is 0.420 e. The number of aromatic nitrogens is 2. The zero-order chi connectivity index (χ0) is 18.8. The first kappa shape index (κ1) is 17.9. The fraction of sp³-hybridized carbons (Fsp3) is 0.235. The van der Waals surface area contributed by atoms with Gasteiger partial charge in [0.05, 0.1) is 23.3 Å². The smallest absolute Gasteiger partial charge is 0.420 e. The Morgan fingerprint density at radius 1 is 1.42 bits per heavy atom. The highest BCUT2D eigenvalue weighted by Gasteiger charge is 2.21. The number of nitrogens with zero attached hydrogens (tertiary/aromatic N) is 2. The Kier molecular flexibility index (Phi) is 4.94. The van der Waals surface area contributed by atoms with Gasteiger partial charge in [0, 0.05) is 6.54 Å². The van der Waals surface area contributed by atoms with Gasteiger partial charge in [0.15, 0.2) is 11.3 Å². The first-order valence-electron chi connectivity index (χ1n) is 7.68. The summed E-state index contributed by atoms with van der Waals surface area (Å²) in [6.07, 6.45) is 0.199. The van der Waals surface area contributed by atoms with Crippen molar-refractivity contribution in [3.05, 3.63) is 57.5 Å². The van der Waals surface area contributed by atoms with Crippen LogP contribution < -0.4 is 10.5 Å². The molecule has 1 N–H and O–H groups in total. The minimum Gasteiger partial charge on any atom is -0.481 e. The van der Waals surface area contributed by atoms with Crippen molar-refractivity contribution in [1.29, 1.82) is 0 Å². The topological polar surface area (TPSA) is 94.6 Å². The quantitative estimate of drug-likeness (QED) is 0.704. The second-order valence-corrected chi connectivity index (χ2v) is 5.96. The number of carboxylic acids is 1. The lowest BCUT2D eigenvalue weighted by atomic mass is 10.2. The monoisotopic (exact) mass is 380 g/mol. The molecule has 0 radical (unpaired) electrons. The Balaban J connectivity index is 2.03. The van der Waals surface area contributed by atoms with E-state index in [1.165, 1.54) is 24.3 Å². The van der Waals surface area contributed by atoms with E-state index in [0.717, 1.165) is 10.8 Å². The molecule has 3 aromatic rings. The molecule has 0 aliphatic rings. The molecule has 0 bridgehead atoms. The molecule has 9 heteroatoms. The number of ether oxygens (including phenoxy) is 1. The van der Waals surface area contributed by atoms with E-state index < -0.39 is 23.6 Å². The summed E-state index contributed by atoms with van der Waals surface area (Å²) in [6.45, 7) is 1.59. The third-order valence-electron chi connectivity index (χ3n) is 3.74. The van der Waals surface area contributed by atoms with E-state index in [1.54, 1.807) is 6.92 Å². The van der Waals surface area contributed by atoms with Gasteiger partial charge in [0.2, 0.25) is 0 Å². The molecular formula is C17H14ClFN2O5. The van der Waals surface area contributed by atoms with Crippen molar-refractivity contribution in [3.63, 3.8) is 0 Å². The van der Waals surface area contributed by atoms with Crippen molar-refractivity contribution in [2.75, 3.05) is 0 Å². The standard InChI is InChI=1S/C17H14ClFN2O5/c1-9(12-4-2-10(19)8-20-12)25-16-11(18)3-5-13-15(16)21(17(24)26-13)7-6-14(22)23/h2-5,8-9H,6-7H2,1H3,(H,22,23)/t9-/m1/s1. The minimum atomic E-state index is -1.06. The summed E-state index contributed by atoms with van der Waals surface area (Å²) >= 11 is 6.23. The molecule has 0 unspecified atom stereocenters. The molecule has 0 amide bonds. The number of benzene rings is 1. The van der Waals surface area contributed by atoms with Crippen LogP contribution in [0.4, 0.5) is 4.39 Å². The second kappa shape index (κ2) is 7.17. The molecular weight excluding hydrogens is 367 g/mol. The average molecular weight is 381 g/mol. The van der Waals surface area contributed by atoms with Crippen molar-refractivity contribution in [2.24, 2.45) is 0 Å². The van der Waals surface area contributed by atoms with E-state index in [0.29, 0.717) is 5.69 Å². The van der Waals surface area contributed by atoms with Gasteiger partial charge in [-0.15, -0.1) is 0 Å². The van der Waals surface area contributed by atoms with Gasteiger partial charge < -0.3 is 14.3 Å². The third-order valence-corrected chi connectivity index (χ3v) is 4.04. The lowest BCUT2D eigenvalue weighted by molar-refractivity contribution is -0.137. The number of carboxylic acid groups (broad SMARTS) is 1. The maximum atomic E-state index is 13.0. The van der Waals surface area contributed by atoms with Gasteiger partial charge in [0.1, 0.15) is 17.4 Å². The third kappa shape index (κ3) is 3.55. The van der Waals surface area contributed by atoms with Crippen LogP contribution >= 0.6 is 11.6 Å². The molecule has 1 atom stereocenters. The zero-order valence-electron chi connectivity index (χ0n) is 13.6. The normalized spacial score (nSPS) is 12.3. The highest BCUT2D eigenvalue weighted by molar-refractivity contribution is 6.33. The fourth-order valence-electron chi connectivity index (χ4n) is 2.49. The first-order chi connectivity index (χ1) is 12.4. The summed E-state index contributed by atoms with van der Waals surface area (Å²) < 4.78 is 25.2. The molecule has 0 saturated heterocycles. The van der Waals surface area contributed by atoms with Crippen LogP contribution in [0, 0.1) is 5.82 Å². The number of oxazole rings is 1. The summed E-state index contributed by atoms with van der Waals surface area (Å²) in [7, 11) is 0. The van der Waals surface area contributed by atoms with Gasteiger partial charge in [-0.1, -0.05) is 11.6 Å². The van der Waals surface area contributed by atoms with Gasteiger partial charge in [-0.2, -0.15) is 0 Å². The predicted octanol–water partition coefficient (Wildman–Crippen LogP) is 3.40. The van der Waals surface area contributed by atoms with Crippen molar-refractivity contribution in [3.8, 4) is 5.75 Å². The molecule has 0 fully saturated rings. The van der Waals surface area contributed by atoms with E-state index in [2.05, 4.69) is 4.98 Å². The maximum absolute atomic E-state index is 13.0. The summed E-state index contributed by atoms with van der Waals surface area (Å²) in [5, 5.41) is 9.09. The number of aryl methyl sites for hydroxylation is 1. The molecule has 26 heavy (non-hydrogen) atoms. The van der Waals surface area contributed by atoms with Gasteiger partial charge in [-0.05, 0) is 31.2 Å². The molecule has 136 valence electrons. The fourth-order valence-corrected chi connectivity index (χ4v) is 2.69. The minimum absolute atomic E-state index is 0.0962. The SMILES string of the molecule is C[C@@H](Oc1c(Cl)ccc2oc(=O)n(CCC(=O)O)c12)c1ccc(F)cn1. The number of hydrogen-bond acceptors (Lipinski definition) is 5. The highest BCUT2D eigenvalue weighted by Crippen LogP contribution is 2.36. The van der Waals surface area contributed by atoms with Crippen molar-refractivity contribution in [2.45, 2.75) is 26.0 Å². The molecule has 0 aliphatic carbocycles. The van der Waals surface area contributed by atoms with Crippen LogP contribution in [0.3, 0.4) is 0 Å². The lowest BCUT2D eigenvalue weighted by Crippen LogP contribution is -2.17. The molecule has 0 spiro atoms. The number of carbonyl (C=O) groups is 1. The van der Waals surface area contributed by atoms with Gasteiger partial charge in [-0.3, -0.25) is 14.3 Å². The Morgan fingerprint density at radius 3 is 2.85 bits per heavy atom. The van der Waals surface area contributed by atoms with E-state index in [-0.39, 0.29) is 34.8 Å². The van der Waals surface area contributed by atoms with E-state index in [4.69, 9.17) is 25.9 Å². The zero-order valence-corrected chi connectivity index (χ0v) is 14.4. The largest absolute Gasteiger partial charge is 0.481 e. The van der Waals surface area contributed by atoms with Crippen LogP contribution in [0.5, 0.6) is 5.75 Å². The van der Waals surface area contributed by atoms with Crippen molar-refractivity contribution >= 4 is 28.7 Å². The first-order valence-corrected chi connectivity index (χ1v) is 8.06. The summed E-state index contributed by atoms with van der Waals surface area (Å²) in [5.41, 5.74) is 0.944. The van der Waals surface area contributed by atoms with Crippen LogP contribution in [-0.4, -0.2) is 20.6 Å². The Morgan fingerprint density at radius 2 is 2.19 bits per heavy atom. The molecule has 7 nitrogen and oxygen atoms in total. The number of aliphatic carboxylic acids is 1. The Labute approximate surface area is 151 Å². The highest BCUT2D eigenvalue weighted by atomic mass is 35.5. The lowest BCUT2D eigenvalue weighted by Gasteiger charge is -2.16. The summed E-state index contributed by atoms with van der Waals surface area (Å²) in [6, 6.07) is 5.74. The van der Waals surface area contributed by atoms with Gasteiger partial charge in [-0.25, -0.2) is 9.18 Å². The second-order valence-electron chi connectivity index (χ2n) is 5.55. The van der Waals surface area contributed by atoms with Gasteiger partial charge >= 0.3 is 11.7 Å². The molecule has 0 saturated carbocycles. The van der Waals surface area contributed by atoms with Crippen LogP contribution in [-0.2, 0) is 11.3 Å². The summed E-state index contributed by atoms with van der Waals surface area (Å²) in [4.78, 5) is 26.9. The Bertz CT molecular complexity index is 1010. The average Bonchev–Trinajstić information content (AvgIpc) is 2.91. The number of hydrogen-bond donors (Lipinski definition) is 1. The van der Waals surface area contributed by atoms with Crippen molar-refractivity contribution in [1.82, 2.24) is 9.55 Å². The van der Waals surface area contributed by atoms with Gasteiger partial charge in [0.25, 0.3) is 0 Å². The van der Waals surface area contributed by atoms with Crippen LogP contribution in [0.15, 0.2) is 39.7 Å². The number of pyridine rings is 1. The van der Waals surface area contributed by atoms with E-state index >= 15 is 0 Å². The molecule has 2 heterocycles. The number of halogens is 2. The van der Waals surface area contributed by atoms with Crippen LogP contribution in [0.1, 0.15) is 25.1 Å². The Hall–Kier alpha value is -2.87. The number of fused-ring (bicyclic) bond motifs is 1. The van der Waals surface area contributed by atoms with E-state index in [9.17, 15) is 14.0 Å². The molecule has 2 aromatic heterocycles.